The molecule has 0 aliphatic heterocycles. The zero-order valence-electron chi connectivity index (χ0n) is 13.2. The molecular formula is C20H17N3S. The smallest absolute Gasteiger partial charge is 0.188 e. The molecule has 0 saturated carbocycles. The van der Waals surface area contributed by atoms with Crippen molar-refractivity contribution in [1.82, 2.24) is 9.97 Å². The minimum absolute atomic E-state index is 0.570. The maximum Gasteiger partial charge on any atom is 0.188 e. The molecule has 4 heteroatoms. The van der Waals surface area contributed by atoms with Crippen LogP contribution in [-0.4, -0.2) is 15.7 Å². The molecule has 3 rings (SSSR count). The topological polar surface area (TPSA) is 49.6 Å². The van der Waals surface area contributed by atoms with Gasteiger partial charge in [0.15, 0.2) is 5.16 Å². The molecule has 0 bridgehead atoms. The van der Waals surface area contributed by atoms with Gasteiger partial charge in [-0.1, -0.05) is 72.4 Å². The molecule has 118 valence electrons. The summed E-state index contributed by atoms with van der Waals surface area (Å²) in [5, 5.41) is 9.38. The Morgan fingerprint density at radius 3 is 2.25 bits per heavy atom. The molecule has 0 radical (unpaired) electrons. The molecule has 0 atom stereocenters. The van der Waals surface area contributed by atoms with Crippen molar-refractivity contribution in [1.29, 1.82) is 5.26 Å². The standard InChI is InChI=1S/C20H17N3S/c21-13-7-8-14-24-20-22-15-18(16-9-3-1-4-10-16)19(23-20)17-11-5-2-6-12-17/h1-6,9-12,15H,7-8,14H2. The molecule has 0 amide bonds. The summed E-state index contributed by atoms with van der Waals surface area (Å²) in [6.45, 7) is 0. The zero-order valence-corrected chi connectivity index (χ0v) is 14.0. The monoisotopic (exact) mass is 331 g/mol. The highest BCUT2D eigenvalue weighted by Gasteiger charge is 2.11. The Morgan fingerprint density at radius 1 is 0.917 bits per heavy atom. The van der Waals surface area contributed by atoms with Crippen LogP contribution in [0.4, 0.5) is 0 Å². The van der Waals surface area contributed by atoms with Gasteiger partial charge in [0.1, 0.15) is 0 Å². The van der Waals surface area contributed by atoms with Crippen LogP contribution < -0.4 is 0 Å². The highest BCUT2D eigenvalue weighted by Crippen LogP contribution is 2.31. The minimum atomic E-state index is 0.570. The zero-order chi connectivity index (χ0) is 16.6. The predicted octanol–water partition coefficient (Wildman–Crippen LogP) is 5.21. The van der Waals surface area contributed by atoms with E-state index in [9.17, 15) is 0 Å². The van der Waals surface area contributed by atoms with Gasteiger partial charge in [-0.3, -0.25) is 0 Å². The molecular weight excluding hydrogens is 314 g/mol. The summed E-state index contributed by atoms with van der Waals surface area (Å²) >= 11 is 1.60. The first kappa shape index (κ1) is 16.2. The second kappa shape index (κ2) is 8.28. The van der Waals surface area contributed by atoms with Gasteiger partial charge in [0.05, 0.1) is 11.8 Å². The van der Waals surface area contributed by atoms with Crippen LogP contribution in [0.15, 0.2) is 72.0 Å². The number of rotatable bonds is 6. The Kier molecular flexibility index (Phi) is 5.60. The van der Waals surface area contributed by atoms with Gasteiger partial charge in [0.25, 0.3) is 0 Å². The van der Waals surface area contributed by atoms with Gasteiger partial charge in [0.2, 0.25) is 0 Å². The summed E-state index contributed by atoms with van der Waals surface area (Å²) in [6, 6.07) is 22.5. The lowest BCUT2D eigenvalue weighted by molar-refractivity contribution is 0.948. The van der Waals surface area contributed by atoms with Gasteiger partial charge >= 0.3 is 0 Å². The molecule has 0 aliphatic carbocycles. The van der Waals surface area contributed by atoms with Crippen molar-refractivity contribution >= 4 is 11.8 Å². The predicted molar refractivity (Wildman–Crippen MR) is 98.5 cm³/mol. The first-order chi connectivity index (χ1) is 11.9. The molecule has 1 aromatic heterocycles. The summed E-state index contributed by atoms with van der Waals surface area (Å²) < 4.78 is 0. The Balaban J connectivity index is 1.96. The van der Waals surface area contributed by atoms with Gasteiger partial charge in [-0.05, 0) is 12.0 Å². The van der Waals surface area contributed by atoms with Crippen LogP contribution in [0.5, 0.6) is 0 Å². The third-order valence-electron chi connectivity index (χ3n) is 3.56. The maximum absolute atomic E-state index is 8.63. The second-order valence-corrected chi connectivity index (χ2v) is 6.32. The van der Waals surface area contributed by atoms with E-state index in [4.69, 9.17) is 10.2 Å². The lowest BCUT2D eigenvalue weighted by Gasteiger charge is -2.10. The Bertz CT molecular complexity index is 827. The third-order valence-corrected chi connectivity index (χ3v) is 4.51. The van der Waals surface area contributed by atoms with Crippen LogP contribution in [0.2, 0.25) is 0 Å². The fourth-order valence-electron chi connectivity index (χ4n) is 2.39. The Labute approximate surface area is 146 Å². The molecule has 0 spiro atoms. The number of thioether (sulfide) groups is 1. The maximum atomic E-state index is 8.63. The van der Waals surface area contributed by atoms with Crippen molar-refractivity contribution in [3.8, 4) is 28.5 Å². The molecule has 1 heterocycles. The number of aromatic nitrogens is 2. The van der Waals surface area contributed by atoms with Gasteiger partial charge in [-0.25, -0.2) is 9.97 Å². The van der Waals surface area contributed by atoms with E-state index in [1.807, 2.05) is 42.6 Å². The van der Waals surface area contributed by atoms with Crippen molar-refractivity contribution in [3.63, 3.8) is 0 Å². The molecule has 0 N–H and O–H groups in total. The highest BCUT2D eigenvalue weighted by atomic mass is 32.2. The fourth-order valence-corrected chi connectivity index (χ4v) is 3.15. The van der Waals surface area contributed by atoms with E-state index in [1.165, 1.54) is 0 Å². The summed E-state index contributed by atoms with van der Waals surface area (Å²) in [5.74, 6) is 0.854. The van der Waals surface area contributed by atoms with E-state index >= 15 is 0 Å². The Morgan fingerprint density at radius 2 is 1.58 bits per heavy atom. The molecule has 0 saturated heterocycles. The first-order valence-electron chi connectivity index (χ1n) is 7.86. The van der Waals surface area contributed by atoms with E-state index in [0.29, 0.717) is 6.42 Å². The SMILES string of the molecule is N#CCCCSc1ncc(-c2ccccc2)c(-c2ccccc2)n1. The number of hydrogen-bond acceptors (Lipinski definition) is 4. The van der Waals surface area contributed by atoms with E-state index < -0.39 is 0 Å². The highest BCUT2D eigenvalue weighted by molar-refractivity contribution is 7.99. The largest absolute Gasteiger partial charge is 0.230 e. The molecule has 24 heavy (non-hydrogen) atoms. The van der Waals surface area contributed by atoms with Crippen molar-refractivity contribution < 1.29 is 0 Å². The molecule has 0 unspecified atom stereocenters. The van der Waals surface area contributed by atoms with Crippen LogP contribution in [0.25, 0.3) is 22.4 Å². The lowest BCUT2D eigenvalue weighted by Crippen LogP contribution is -1.95. The number of unbranched alkanes of at least 4 members (excludes halogenated alkanes) is 1. The van der Waals surface area contributed by atoms with E-state index in [2.05, 4.69) is 35.3 Å². The molecule has 2 aromatic carbocycles. The summed E-state index contributed by atoms with van der Waals surface area (Å²) in [5.41, 5.74) is 4.16. The summed E-state index contributed by atoms with van der Waals surface area (Å²) in [6.07, 6.45) is 3.32. The normalized spacial score (nSPS) is 10.3. The average molecular weight is 331 g/mol. The molecule has 3 aromatic rings. The molecule has 0 fully saturated rings. The van der Waals surface area contributed by atoms with Gasteiger partial charge in [-0.2, -0.15) is 5.26 Å². The van der Waals surface area contributed by atoms with Crippen LogP contribution in [-0.2, 0) is 0 Å². The minimum Gasteiger partial charge on any atom is -0.230 e. The van der Waals surface area contributed by atoms with Crippen LogP contribution in [0.1, 0.15) is 12.8 Å². The van der Waals surface area contributed by atoms with Gasteiger partial charge < -0.3 is 0 Å². The van der Waals surface area contributed by atoms with Crippen molar-refractivity contribution in [2.75, 3.05) is 5.75 Å². The third kappa shape index (κ3) is 4.01. The average Bonchev–Trinajstić information content (AvgIpc) is 2.66. The number of benzene rings is 2. The van der Waals surface area contributed by atoms with E-state index in [1.54, 1.807) is 11.8 Å². The summed E-state index contributed by atoms with van der Waals surface area (Å²) in [7, 11) is 0. The van der Waals surface area contributed by atoms with Crippen molar-refractivity contribution in [2.45, 2.75) is 18.0 Å². The van der Waals surface area contributed by atoms with Crippen LogP contribution in [0.3, 0.4) is 0 Å². The second-order valence-electron chi connectivity index (χ2n) is 5.26. The van der Waals surface area contributed by atoms with E-state index in [-0.39, 0.29) is 0 Å². The van der Waals surface area contributed by atoms with Crippen LogP contribution in [0, 0.1) is 11.3 Å². The lowest BCUT2D eigenvalue weighted by atomic mass is 10.0. The van der Waals surface area contributed by atoms with Gasteiger partial charge in [-0.15, -0.1) is 0 Å². The van der Waals surface area contributed by atoms with Crippen molar-refractivity contribution in [3.05, 3.63) is 66.9 Å². The van der Waals surface area contributed by atoms with Crippen molar-refractivity contribution in [2.24, 2.45) is 0 Å². The quantitative estimate of drug-likeness (QED) is 0.353. The number of nitrogens with zero attached hydrogens (tertiary/aromatic N) is 3. The Hall–Kier alpha value is -2.64. The fraction of sp³-hybridized carbons (Fsp3) is 0.150. The number of hydrogen-bond donors (Lipinski definition) is 0. The van der Waals surface area contributed by atoms with E-state index in [0.717, 1.165) is 39.7 Å². The number of nitriles is 1. The first-order valence-corrected chi connectivity index (χ1v) is 8.84. The summed E-state index contributed by atoms with van der Waals surface area (Å²) in [4.78, 5) is 9.29. The molecule has 0 aliphatic rings. The molecule has 3 nitrogen and oxygen atoms in total. The van der Waals surface area contributed by atoms with Crippen LogP contribution >= 0.6 is 11.8 Å². The van der Waals surface area contributed by atoms with Gasteiger partial charge in [0, 0.05) is 29.5 Å².